The van der Waals surface area contributed by atoms with Gasteiger partial charge in [0, 0.05) is 36.6 Å². The first-order valence-corrected chi connectivity index (χ1v) is 15.4. The summed E-state index contributed by atoms with van der Waals surface area (Å²) in [4.78, 5) is 63.5. The van der Waals surface area contributed by atoms with Crippen molar-refractivity contribution in [1.29, 1.82) is 0 Å². The lowest BCUT2D eigenvalue weighted by atomic mass is 9.96. The van der Waals surface area contributed by atoms with E-state index in [0.29, 0.717) is 22.7 Å². The molecule has 1 aromatic heterocycles. The number of anilines is 1. The number of nitrogens with zero attached hydrogens (tertiary/aromatic N) is 4. The molecule has 1 aliphatic rings. The molecule has 2 N–H and O–H groups in total. The highest BCUT2D eigenvalue weighted by Gasteiger charge is 2.43. The highest BCUT2D eigenvalue weighted by atomic mass is 35.5. The van der Waals surface area contributed by atoms with Gasteiger partial charge in [0.2, 0.25) is 17.7 Å². The quantitative estimate of drug-likeness (QED) is 0.283. The first-order valence-electron chi connectivity index (χ1n) is 15.0. The van der Waals surface area contributed by atoms with E-state index in [2.05, 4.69) is 4.98 Å². The Morgan fingerprint density at radius 1 is 1.04 bits per heavy atom. The summed E-state index contributed by atoms with van der Waals surface area (Å²) in [5.74, 6) is -1.74. The van der Waals surface area contributed by atoms with Crippen molar-refractivity contribution in [2.45, 2.75) is 51.2 Å². The molecule has 0 radical (unpaired) electrons. The van der Waals surface area contributed by atoms with Crippen LogP contribution in [-0.4, -0.2) is 63.6 Å². The fourth-order valence-electron chi connectivity index (χ4n) is 6.07. The number of hydrogen-bond acceptors (Lipinski definition) is 5. The van der Waals surface area contributed by atoms with E-state index in [4.69, 9.17) is 17.3 Å². The number of halogens is 1. The first kappa shape index (κ1) is 31.7. The van der Waals surface area contributed by atoms with Crippen LogP contribution in [0, 0.1) is 0 Å². The van der Waals surface area contributed by atoms with Crippen molar-refractivity contribution in [3.63, 3.8) is 0 Å². The van der Waals surface area contributed by atoms with E-state index in [0.717, 1.165) is 16.3 Å². The third-order valence-corrected chi connectivity index (χ3v) is 8.60. The third kappa shape index (κ3) is 6.83. The van der Waals surface area contributed by atoms with Crippen LogP contribution in [0.1, 0.15) is 43.9 Å². The molecule has 1 aliphatic heterocycles. The van der Waals surface area contributed by atoms with Crippen molar-refractivity contribution in [3.05, 3.63) is 107 Å². The zero-order valence-corrected chi connectivity index (χ0v) is 26.1. The molecular formula is C35H36ClN5O4. The number of carbonyl (C=O) groups is 4. The standard InChI is InChI=1S/C35H36ClN5O4/c1-3-31(42)40(28-14-8-17-38-21-28)22-32(43)41-23(2)16-18-39(35(45)33(41)26-12-7-13-27(36)19-26)30(34(37)44)20-25-11-6-10-24-9-4-5-15-29(24)25/h4-15,17,19,21,23,30,33H,3,16,18,20,22H2,1-2H3,(H2,37,44). The Morgan fingerprint density at radius 3 is 2.51 bits per heavy atom. The van der Waals surface area contributed by atoms with Gasteiger partial charge >= 0.3 is 0 Å². The summed E-state index contributed by atoms with van der Waals surface area (Å²) >= 11 is 6.39. The number of pyridine rings is 1. The first-order chi connectivity index (χ1) is 21.7. The minimum absolute atomic E-state index is 0.177. The molecule has 5 rings (SSSR count). The monoisotopic (exact) mass is 625 g/mol. The van der Waals surface area contributed by atoms with Crippen molar-refractivity contribution in [2.75, 3.05) is 18.0 Å². The van der Waals surface area contributed by atoms with Crippen LogP contribution in [-0.2, 0) is 25.6 Å². The average molecular weight is 626 g/mol. The number of rotatable bonds is 9. The fraction of sp³-hybridized carbons (Fsp3) is 0.286. The van der Waals surface area contributed by atoms with E-state index in [1.54, 1.807) is 49.5 Å². The van der Waals surface area contributed by atoms with Gasteiger partial charge in [-0.15, -0.1) is 0 Å². The maximum Gasteiger partial charge on any atom is 0.250 e. The van der Waals surface area contributed by atoms with Gasteiger partial charge in [0.1, 0.15) is 18.6 Å². The summed E-state index contributed by atoms with van der Waals surface area (Å²) in [5.41, 5.74) is 7.88. The van der Waals surface area contributed by atoms with E-state index in [9.17, 15) is 19.2 Å². The van der Waals surface area contributed by atoms with Crippen LogP contribution >= 0.6 is 11.6 Å². The van der Waals surface area contributed by atoms with Gasteiger partial charge in [-0.25, -0.2) is 0 Å². The number of carbonyl (C=O) groups excluding carboxylic acids is 4. The maximum absolute atomic E-state index is 14.7. The molecule has 3 atom stereocenters. The van der Waals surface area contributed by atoms with Crippen LogP contribution in [0.15, 0.2) is 91.3 Å². The molecule has 1 fully saturated rings. The number of primary amides is 1. The summed E-state index contributed by atoms with van der Waals surface area (Å²) in [7, 11) is 0. The van der Waals surface area contributed by atoms with E-state index < -0.39 is 35.8 Å². The van der Waals surface area contributed by atoms with Crippen LogP contribution in [0.3, 0.4) is 0 Å². The predicted octanol–water partition coefficient (Wildman–Crippen LogP) is 4.92. The van der Waals surface area contributed by atoms with E-state index in [1.807, 2.05) is 49.4 Å². The summed E-state index contributed by atoms with van der Waals surface area (Å²) in [6.07, 6.45) is 3.90. The van der Waals surface area contributed by atoms with Gasteiger partial charge in [0.25, 0.3) is 5.91 Å². The molecule has 0 spiro atoms. The predicted molar refractivity (Wildman–Crippen MR) is 174 cm³/mol. The van der Waals surface area contributed by atoms with Crippen molar-refractivity contribution >= 4 is 51.7 Å². The summed E-state index contributed by atoms with van der Waals surface area (Å²) in [6, 6.07) is 21.4. The number of aromatic nitrogens is 1. The van der Waals surface area contributed by atoms with Crippen molar-refractivity contribution < 1.29 is 19.2 Å². The summed E-state index contributed by atoms with van der Waals surface area (Å²) in [5, 5.41) is 2.39. The van der Waals surface area contributed by atoms with Gasteiger partial charge in [0.05, 0.1) is 11.9 Å². The molecule has 0 aliphatic carbocycles. The van der Waals surface area contributed by atoms with E-state index >= 15 is 0 Å². The molecule has 3 aromatic carbocycles. The molecule has 1 saturated heterocycles. The van der Waals surface area contributed by atoms with Gasteiger partial charge in [0.15, 0.2) is 0 Å². The number of amides is 4. The summed E-state index contributed by atoms with van der Waals surface area (Å²) < 4.78 is 0. The molecule has 10 heteroatoms. The van der Waals surface area contributed by atoms with Gasteiger partial charge in [-0.05, 0) is 59.5 Å². The van der Waals surface area contributed by atoms with Crippen LogP contribution in [0.4, 0.5) is 5.69 Å². The third-order valence-electron chi connectivity index (χ3n) is 8.36. The second-order valence-corrected chi connectivity index (χ2v) is 11.7. The zero-order valence-electron chi connectivity index (χ0n) is 25.3. The van der Waals surface area contributed by atoms with Gasteiger partial charge in [-0.1, -0.05) is 73.1 Å². The van der Waals surface area contributed by atoms with E-state index in [-0.39, 0.29) is 31.8 Å². The molecule has 0 bridgehead atoms. The molecular weight excluding hydrogens is 590 g/mol. The highest BCUT2D eigenvalue weighted by molar-refractivity contribution is 6.30. The van der Waals surface area contributed by atoms with Crippen LogP contribution in [0.25, 0.3) is 10.8 Å². The SMILES string of the molecule is CCC(=O)N(CC(=O)N1C(C)CCN(C(Cc2cccc3ccccc23)C(N)=O)C(=O)C1c1cccc(Cl)c1)c1cccnc1. The Kier molecular flexibility index (Phi) is 9.78. The Hall–Kier alpha value is -4.76. The Bertz CT molecular complexity index is 1710. The number of benzene rings is 3. The van der Waals surface area contributed by atoms with Crippen LogP contribution in [0.2, 0.25) is 5.02 Å². The molecule has 0 saturated carbocycles. The second-order valence-electron chi connectivity index (χ2n) is 11.2. The van der Waals surface area contributed by atoms with Crippen molar-refractivity contribution in [1.82, 2.24) is 14.8 Å². The average Bonchev–Trinajstić information content (AvgIpc) is 3.17. The summed E-state index contributed by atoms with van der Waals surface area (Å²) in [6.45, 7) is 3.51. The van der Waals surface area contributed by atoms with Crippen LogP contribution in [0.5, 0.6) is 0 Å². The zero-order chi connectivity index (χ0) is 32.1. The van der Waals surface area contributed by atoms with Gasteiger partial charge in [-0.3, -0.25) is 24.2 Å². The fourth-order valence-corrected chi connectivity index (χ4v) is 6.27. The number of hydrogen-bond donors (Lipinski definition) is 1. The molecule has 4 amide bonds. The topological polar surface area (TPSA) is 117 Å². The smallest absolute Gasteiger partial charge is 0.250 e. The molecule has 2 heterocycles. The molecule has 232 valence electrons. The minimum Gasteiger partial charge on any atom is -0.368 e. The van der Waals surface area contributed by atoms with Crippen molar-refractivity contribution in [3.8, 4) is 0 Å². The molecule has 4 aromatic rings. The Morgan fingerprint density at radius 2 is 1.80 bits per heavy atom. The van der Waals surface area contributed by atoms with E-state index in [1.165, 1.54) is 20.9 Å². The maximum atomic E-state index is 14.7. The molecule has 9 nitrogen and oxygen atoms in total. The van der Waals surface area contributed by atoms with Gasteiger partial charge in [-0.2, -0.15) is 0 Å². The normalized spacial score (nSPS) is 17.5. The molecule has 3 unspecified atom stereocenters. The van der Waals surface area contributed by atoms with Gasteiger partial charge < -0.3 is 20.4 Å². The number of nitrogens with two attached hydrogens (primary N) is 1. The lowest BCUT2D eigenvalue weighted by molar-refractivity contribution is -0.148. The minimum atomic E-state index is -1.10. The second kappa shape index (κ2) is 13.9. The lowest BCUT2D eigenvalue weighted by Crippen LogP contribution is -2.53. The largest absolute Gasteiger partial charge is 0.368 e. The Labute approximate surface area is 267 Å². The molecule has 45 heavy (non-hydrogen) atoms. The van der Waals surface area contributed by atoms with Crippen LogP contribution < -0.4 is 10.6 Å². The van der Waals surface area contributed by atoms with Crippen molar-refractivity contribution in [2.24, 2.45) is 5.73 Å². The lowest BCUT2D eigenvalue weighted by Gasteiger charge is -2.37. The number of fused-ring (bicyclic) bond motifs is 1. The highest BCUT2D eigenvalue weighted by Crippen LogP contribution is 2.33. The Balaban J connectivity index is 1.54.